The maximum absolute atomic E-state index is 12.5. The second kappa shape index (κ2) is 7.27. The lowest BCUT2D eigenvalue weighted by molar-refractivity contribution is -0.114. The zero-order valence-corrected chi connectivity index (χ0v) is 16.2. The summed E-state index contributed by atoms with van der Waals surface area (Å²) >= 11 is 0. The molecule has 1 aromatic heterocycles. The maximum Gasteiger partial charge on any atom is 0.410 e. The summed E-state index contributed by atoms with van der Waals surface area (Å²) in [6.07, 6.45) is -0.441. The number of rotatable bonds is 2. The van der Waals surface area contributed by atoms with Gasteiger partial charge in [-0.1, -0.05) is 12.1 Å². The molecule has 0 unspecified atom stereocenters. The van der Waals surface area contributed by atoms with Gasteiger partial charge >= 0.3 is 6.09 Å². The van der Waals surface area contributed by atoms with Crippen LogP contribution in [0.1, 0.15) is 44.5 Å². The van der Waals surface area contributed by atoms with E-state index in [1.165, 1.54) is 6.92 Å². The van der Waals surface area contributed by atoms with Crippen LogP contribution in [0.3, 0.4) is 0 Å². The number of nitrogens with zero attached hydrogens (tertiary/aromatic N) is 4. The van der Waals surface area contributed by atoms with Crippen LogP contribution in [-0.4, -0.2) is 32.5 Å². The van der Waals surface area contributed by atoms with Crippen molar-refractivity contribution in [2.24, 2.45) is 0 Å². The number of fused-ring (bicyclic) bond motifs is 1. The Morgan fingerprint density at radius 2 is 2.00 bits per heavy atom. The average molecular weight is 379 g/mol. The first-order chi connectivity index (χ1) is 13.2. The molecule has 3 rings (SSSR count). The molecule has 0 atom stereocenters. The van der Waals surface area contributed by atoms with Gasteiger partial charge in [0.05, 0.1) is 36.1 Å². The van der Waals surface area contributed by atoms with Gasteiger partial charge in [0.15, 0.2) is 0 Å². The zero-order valence-electron chi connectivity index (χ0n) is 16.2. The highest BCUT2D eigenvalue weighted by Gasteiger charge is 2.31. The van der Waals surface area contributed by atoms with Crippen molar-refractivity contribution in [2.45, 2.75) is 46.4 Å². The first-order valence-corrected chi connectivity index (χ1v) is 8.82. The van der Waals surface area contributed by atoms with Gasteiger partial charge in [0.2, 0.25) is 11.9 Å². The van der Waals surface area contributed by atoms with E-state index >= 15 is 0 Å². The van der Waals surface area contributed by atoms with E-state index in [2.05, 4.69) is 21.4 Å². The molecule has 2 heterocycles. The fraction of sp³-hybridized carbons (Fsp3) is 0.350. The predicted octanol–water partition coefficient (Wildman–Crippen LogP) is 3.22. The van der Waals surface area contributed by atoms with Crippen LogP contribution in [0.25, 0.3) is 11.3 Å². The average Bonchev–Trinajstić information content (AvgIpc) is 3.03. The second-order valence-electron chi connectivity index (χ2n) is 7.53. The van der Waals surface area contributed by atoms with Crippen LogP contribution >= 0.6 is 0 Å². The molecule has 8 heteroatoms. The summed E-state index contributed by atoms with van der Waals surface area (Å²) in [5.74, 6) is -0.131. The number of nitrogens with one attached hydrogen (secondary N) is 1. The predicted molar refractivity (Wildman–Crippen MR) is 102 cm³/mol. The molecule has 1 N–H and O–H groups in total. The number of ether oxygens (including phenoxy) is 1. The van der Waals surface area contributed by atoms with Crippen LogP contribution in [0.5, 0.6) is 0 Å². The summed E-state index contributed by atoms with van der Waals surface area (Å²) in [5, 5.41) is 11.8. The van der Waals surface area contributed by atoms with E-state index in [1.54, 1.807) is 23.1 Å². The van der Waals surface area contributed by atoms with Crippen molar-refractivity contribution >= 4 is 17.9 Å². The molecule has 2 amide bonds. The zero-order chi connectivity index (χ0) is 20.5. The van der Waals surface area contributed by atoms with E-state index in [1.807, 2.05) is 26.8 Å². The number of amides is 2. The molecule has 144 valence electrons. The fourth-order valence-corrected chi connectivity index (χ4v) is 2.90. The number of carbonyl (C=O) groups excluding carboxylic acids is 2. The van der Waals surface area contributed by atoms with Gasteiger partial charge in [0.1, 0.15) is 5.60 Å². The third kappa shape index (κ3) is 4.26. The quantitative estimate of drug-likeness (QED) is 0.858. The Morgan fingerprint density at radius 3 is 2.64 bits per heavy atom. The van der Waals surface area contributed by atoms with E-state index in [9.17, 15) is 14.9 Å². The van der Waals surface area contributed by atoms with Crippen molar-refractivity contribution in [3.63, 3.8) is 0 Å². The molecular weight excluding hydrogens is 358 g/mol. The maximum atomic E-state index is 12.5. The fourth-order valence-electron chi connectivity index (χ4n) is 2.90. The number of aromatic nitrogens is 2. The summed E-state index contributed by atoms with van der Waals surface area (Å²) < 4.78 is 5.46. The largest absolute Gasteiger partial charge is 0.444 e. The molecular formula is C20H21N5O3. The van der Waals surface area contributed by atoms with Crippen molar-refractivity contribution < 1.29 is 14.3 Å². The summed E-state index contributed by atoms with van der Waals surface area (Å²) in [4.78, 5) is 34.4. The Bertz CT molecular complexity index is 988. The van der Waals surface area contributed by atoms with Crippen molar-refractivity contribution in [3.8, 4) is 17.3 Å². The van der Waals surface area contributed by atoms with Gasteiger partial charge in [-0.2, -0.15) is 5.26 Å². The van der Waals surface area contributed by atoms with Gasteiger partial charge in [0.25, 0.3) is 0 Å². The molecule has 0 fully saturated rings. The molecule has 8 nitrogen and oxygen atoms in total. The van der Waals surface area contributed by atoms with Crippen LogP contribution in [-0.2, 0) is 22.6 Å². The molecule has 0 radical (unpaired) electrons. The topological polar surface area (TPSA) is 108 Å². The number of carbonyl (C=O) groups is 2. The van der Waals surface area contributed by atoms with E-state index in [-0.39, 0.29) is 24.9 Å². The van der Waals surface area contributed by atoms with E-state index < -0.39 is 11.7 Å². The van der Waals surface area contributed by atoms with E-state index in [4.69, 9.17) is 4.74 Å². The molecule has 1 aliphatic heterocycles. The Labute approximate surface area is 163 Å². The molecule has 28 heavy (non-hydrogen) atoms. The number of nitriles is 1. The highest BCUT2D eigenvalue weighted by Crippen LogP contribution is 2.32. The monoisotopic (exact) mass is 379 g/mol. The summed E-state index contributed by atoms with van der Waals surface area (Å²) in [6.45, 7) is 7.34. The van der Waals surface area contributed by atoms with Gasteiger partial charge in [-0.3, -0.25) is 15.0 Å². The minimum Gasteiger partial charge on any atom is -0.444 e. The normalized spacial score (nSPS) is 12.9. The number of benzene rings is 1. The second-order valence-corrected chi connectivity index (χ2v) is 7.53. The molecule has 1 aromatic carbocycles. The van der Waals surface area contributed by atoms with Crippen molar-refractivity contribution in [1.29, 1.82) is 5.26 Å². The van der Waals surface area contributed by atoms with Gasteiger partial charge in [-0.15, -0.1) is 0 Å². The molecule has 2 aromatic rings. The first kappa shape index (κ1) is 19.3. The van der Waals surface area contributed by atoms with Crippen LogP contribution in [0.4, 0.5) is 10.7 Å². The van der Waals surface area contributed by atoms with Crippen molar-refractivity contribution in [1.82, 2.24) is 14.9 Å². The van der Waals surface area contributed by atoms with Gasteiger partial charge in [-0.05, 0) is 32.9 Å². The highest BCUT2D eigenvalue weighted by atomic mass is 16.6. The first-order valence-electron chi connectivity index (χ1n) is 8.82. The Balaban J connectivity index is 2.02. The molecule has 1 aliphatic rings. The minimum atomic E-state index is -0.608. The van der Waals surface area contributed by atoms with Gasteiger partial charge in [0, 0.05) is 18.1 Å². The molecule has 0 aliphatic carbocycles. The third-order valence-electron chi connectivity index (χ3n) is 3.99. The number of anilines is 1. The summed E-state index contributed by atoms with van der Waals surface area (Å²) in [7, 11) is 0. The Hall–Kier alpha value is -3.47. The number of hydrogen-bond donors (Lipinski definition) is 1. The van der Waals surface area contributed by atoms with Crippen molar-refractivity contribution in [2.75, 3.05) is 5.32 Å². The molecule has 0 saturated heterocycles. The lowest BCUT2D eigenvalue weighted by Gasteiger charge is -2.24. The van der Waals surface area contributed by atoms with Gasteiger partial charge in [-0.25, -0.2) is 14.8 Å². The minimum absolute atomic E-state index is 0.162. The van der Waals surface area contributed by atoms with Crippen LogP contribution in [0, 0.1) is 11.3 Å². The summed E-state index contributed by atoms with van der Waals surface area (Å²) in [5.41, 5.74) is 2.60. The van der Waals surface area contributed by atoms with Crippen LogP contribution < -0.4 is 5.32 Å². The van der Waals surface area contributed by atoms with E-state index in [0.717, 1.165) is 11.1 Å². The van der Waals surface area contributed by atoms with Crippen LogP contribution in [0.15, 0.2) is 24.3 Å². The smallest absolute Gasteiger partial charge is 0.410 e. The van der Waals surface area contributed by atoms with Crippen molar-refractivity contribution in [3.05, 3.63) is 41.1 Å². The van der Waals surface area contributed by atoms with Gasteiger partial charge < -0.3 is 4.74 Å². The molecule has 0 spiro atoms. The summed E-state index contributed by atoms with van der Waals surface area (Å²) in [6, 6.07) is 9.12. The lowest BCUT2D eigenvalue weighted by atomic mass is 10.0. The molecule has 0 bridgehead atoms. The lowest BCUT2D eigenvalue weighted by Crippen LogP contribution is -2.33. The third-order valence-corrected chi connectivity index (χ3v) is 3.99. The number of hydrogen-bond acceptors (Lipinski definition) is 6. The molecule has 0 saturated carbocycles. The van der Waals surface area contributed by atoms with E-state index in [0.29, 0.717) is 17.0 Å². The standard InChI is InChI=1S/C20H21N5O3/c1-12(26)22-18-23-16-11-25(19(27)28-20(2,3)4)10-15(16)17(24-18)14-7-5-6-13(8-14)9-21/h5-8H,10-11H2,1-4H3,(H,22,23,24,26). The Morgan fingerprint density at radius 1 is 1.25 bits per heavy atom. The SMILES string of the molecule is CC(=O)Nc1nc2c(c(-c3cccc(C#N)c3)n1)CN(C(=O)OC(C)(C)C)C2. The van der Waals surface area contributed by atoms with Crippen LogP contribution in [0.2, 0.25) is 0 Å². The Kier molecular flexibility index (Phi) is 5.01. The highest BCUT2D eigenvalue weighted by molar-refractivity contribution is 5.87.